The first kappa shape index (κ1) is 3.22. The second-order valence-electron chi connectivity index (χ2n) is 1.56. The Kier molecular flexibility index (Phi) is 0.481. The maximum absolute atomic E-state index is 5.24. The summed E-state index contributed by atoms with van der Waals surface area (Å²) in [5.74, 6) is 0.329. The van der Waals surface area contributed by atoms with Crippen LogP contribution in [0.25, 0.3) is 0 Å². The third-order valence-corrected chi connectivity index (χ3v) is 0.891. The molecule has 0 aromatic heterocycles. The molecule has 0 amide bonds. The van der Waals surface area contributed by atoms with E-state index in [0.29, 0.717) is 11.9 Å². The van der Waals surface area contributed by atoms with Crippen LogP contribution in [0, 0.1) is 0 Å². The van der Waals surface area contributed by atoms with E-state index >= 15 is 0 Å². The highest BCUT2D eigenvalue weighted by Gasteiger charge is 2.26. The van der Waals surface area contributed by atoms with Gasteiger partial charge in [-0.2, -0.15) is 0 Å². The van der Waals surface area contributed by atoms with Crippen molar-refractivity contribution in [3.8, 4) is 0 Å². The van der Waals surface area contributed by atoms with Crippen molar-refractivity contribution in [1.82, 2.24) is 0 Å². The minimum atomic E-state index is 0.329. The minimum Gasteiger partial charge on any atom is -0.328 e. The van der Waals surface area contributed by atoms with Gasteiger partial charge in [-0.05, 0) is 12.5 Å². The largest absolute Gasteiger partial charge is 0.328 e. The quantitative estimate of drug-likeness (QED) is 0.386. The Morgan fingerprint density at radius 1 is 1.80 bits per heavy atom. The van der Waals surface area contributed by atoms with Crippen LogP contribution in [0.2, 0.25) is 5.82 Å². The maximum atomic E-state index is 5.24. The zero-order chi connectivity index (χ0) is 3.86. The van der Waals surface area contributed by atoms with Crippen LogP contribution < -0.4 is 5.73 Å². The molecule has 26 valence electrons. The Morgan fingerprint density at radius 2 is 2.00 bits per heavy atom. The van der Waals surface area contributed by atoms with Crippen molar-refractivity contribution in [2.45, 2.75) is 18.3 Å². The predicted molar refractivity (Wildman–Crippen MR) is 22.1 cm³/mol. The summed E-state index contributed by atoms with van der Waals surface area (Å²) in [6.45, 7) is 0. The third kappa shape index (κ3) is 0.455. The molecular weight excluding hydrogens is 60.9 g/mol. The first-order valence-electron chi connectivity index (χ1n) is 1.82. The topological polar surface area (TPSA) is 26.0 Å². The van der Waals surface area contributed by atoms with E-state index in [0.717, 1.165) is 6.42 Å². The normalized spacial score (nSPS) is 49.0. The molecular formula is C3H6BN. The fourth-order valence-corrected chi connectivity index (χ4v) is 0.236. The molecule has 2 N–H and O–H groups in total. The number of nitrogens with two attached hydrogens (primary N) is 1. The van der Waals surface area contributed by atoms with Crippen molar-refractivity contribution < 1.29 is 0 Å². The lowest BCUT2D eigenvalue weighted by molar-refractivity contribution is 1.07. The Hall–Kier alpha value is 0.0249. The highest BCUT2D eigenvalue weighted by Crippen LogP contribution is 2.29. The van der Waals surface area contributed by atoms with E-state index in [-0.39, 0.29) is 0 Å². The van der Waals surface area contributed by atoms with E-state index in [9.17, 15) is 0 Å². The van der Waals surface area contributed by atoms with E-state index in [2.05, 4.69) is 0 Å². The average molecular weight is 66.9 g/mol. The lowest BCUT2D eigenvalue weighted by atomic mass is 10.0. The number of rotatable bonds is 0. The second-order valence-corrected chi connectivity index (χ2v) is 1.56. The Bertz CT molecular complexity index is 40.2. The molecule has 0 aromatic rings. The van der Waals surface area contributed by atoms with Gasteiger partial charge in [0.15, 0.2) is 0 Å². The van der Waals surface area contributed by atoms with Crippen LogP contribution in [0.15, 0.2) is 0 Å². The van der Waals surface area contributed by atoms with Gasteiger partial charge in [-0.3, -0.25) is 0 Å². The molecule has 0 spiro atoms. The van der Waals surface area contributed by atoms with Crippen molar-refractivity contribution in [2.75, 3.05) is 0 Å². The lowest BCUT2D eigenvalue weighted by Gasteiger charge is -1.69. The van der Waals surface area contributed by atoms with Crippen molar-refractivity contribution in [2.24, 2.45) is 5.73 Å². The van der Waals surface area contributed by atoms with Crippen LogP contribution in [0.4, 0.5) is 0 Å². The van der Waals surface area contributed by atoms with Gasteiger partial charge >= 0.3 is 0 Å². The number of hydrogen-bond donors (Lipinski definition) is 1. The molecule has 2 atom stereocenters. The standard InChI is InChI=1S/C3H6BN/c4-2-1-3(2)5/h2-3H,1,5H2/t2-,3-/m0/s1. The molecule has 1 aliphatic rings. The van der Waals surface area contributed by atoms with Crippen LogP contribution in [0.1, 0.15) is 6.42 Å². The predicted octanol–water partition coefficient (Wildman–Crippen LogP) is -0.326. The maximum Gasteiger partial charge on any atom is 0.0721 e. The van der Waals surface area contributed by atoms with Crippen LogP contribution in [0.5, 0.6) is 0 Å². The van der Waals surface area contributed by atoms with Crippen LogP contribution in [-0.2, 0) is 0 Å². The van der Waals surface area contributed by atoms with Crippen LogP contribution in [-0.4, -0.2) is 13.9 Å². The molecule has 2 radical (unpaired) electrons. The molecule has 0 aromatic carbocycles. The van der Waals surface area contributed by atoms with Gasteiger partial charge in [0, 0.05) is 0 Å². The zero-order valence-corrected chi connectivity index (χ0v) is 3.02. The summed E-state index contributed by atoms with van der Waals surface area (Å²) < 4.78 is 0. The summed E-state index contributed by atoms with van der Waals surface area (Å²) in [5.41, 5.74) is 5.24. The summed E-state index contributed by atoms with van der Waals surface area (Å²) in [4.78, 5) is 0. The van der Waals surface area contributed by atoms with Gasteiger partial charge in [0.25, 0.3) is 0 Å². The molecule has 0 bridgehead atoms. The van der Waals surface area contributed by atoms with Crippen molar-refractivity contribution in [3.63, 3.8) is 0 Å². The van der Waals surface area contributed by atoms with Crippen molar-refractivity contribution >= 4 is 7.85 Å². The van der Waals surface area contributed by atoms with E-state index in [4.69, 9.17) is 13.6 Å². The lowest BCUT2D eigenvalue weighted by Crippen LogP contribution is -1.98. The highest BCUT2D eigenvalue weighted by atomic mass is 14.7. The SMILES string of the molecule is [B][C@H]1C[C@@H]1N. The van der Waals surface area contributed by atoms with Gasteiger partial charge in [0.1, 0.15) is 0 Å². The third-order valence-electron chi connectivity index (χ3n) is 0.891. The van der Waals surface area contributed by atoms with E-state index < -0.39 is 0 Å². The average Bonchev–Trinajstić information content (AvgIpc) is 1.79. The Morgan fingerprint density at radius 3 is 2.00 bits per heavy atom. The van der Waals surface area contributed by atoms with Gasteiger partial charge in [0.2, 0.25) is 0 Å². The minimum absolute atomic E-state index is 0.329. The van der Waals surface area contributed by atoms with E-state index in [1.165, 1.54) is 0 Å². The first-order chi connectivity index (χ1) is 2.30. The molecule has 1 nitrogen and oxygen atoms in total. The van der Waals surface area contributed by atoms with Gasteiger partial charge in [-0.25, -0.2) is 0 Å². The smallest absolute Gasteiger partial charge is 0.0721 e. The van der Waals surface area contributed by atoms with Gasteiger partial charge in [-0.15, -0.1) is 0 Å². The summed E-state index contributed by atoms with van der Waals surface area (Å²) in [6, 6.07) is 0.329. The summed E-state index contributed by atoms with van der Waals surface area (Å²) >= 11 is 0. The van der Waals surface area contributed by atoms with E-state index in [1.807, 2.05) is 0 Å². The summed E-state index contributed by atoms with van der Waals surface area (Å²) in [6.07, 6.45) is 1.03. The Balaban J connectivity index is 2.20. The summed E-state index contributed by atoms with van der Waals surface area (Å²) in [5, 5.41) is 0. The molecule has 1 rings (SSSR count). The molecule has 0 aliphatic heterocycles. The molecule has 1 saturated carbocycles. The molecule has 0 heterocycles. The highest BCUT2D eigenvalue weighted by molar-refractivity contribution is 6.14. The fraction of sp³-hybridized carbons (Fsp3) is 1.00. The fourth-order valence-electron chi connectivity index (χ4n) is 0.236. The second kappa shape index (κ2) is 0.746. The zero-order valence-electron chi connectivity index (χ0n) is 3.02. The van der Waals surface area contributed by atoms with E-state index in [1.54, 1.807) is 0 Å². The monoisotopic (exact) mass is 67.1 g/mol. The van der Waals surface area contributed by atoms with Crippen molar-refractivity contribution in [3.05, 3.63) is 0 Å². The van der Waals surface area contributed by atoms with Gasteiger partial charge in [0.05, 0.1) is 7.85 Å². The van der Waals surface area contributed by atoms with Gasteiger partial charge in [-0.1, -0.05) is 5.82 Å². The van der Waals surface area contributed by atoms with Crippen molar-refractivity contribution in [1.29, 1.82) is 0 Å². The molecule has 5 heavy (non-hydrogen) atoms. The molecule has 1 aliphatic carbocycles. The number of hydrogen-bond acceptors (Lipinski definition) is 1. The molecule has 0 unspecified atom stereocenters. The van der Waals surface area contributed by atoms with Crippen LogP contribution in [0.3, 0.4) is 0 Å². The summed E-state index contributed by atoms with van der Waals surface area (Å²) in [7, 11) is 5.24. The molecule has 2 heteroatoms. The molecule has 1 fully saturated rings. The Labute approximate surface area is 33.0 Å². The molecule has 0 saturated heterocycles. The van der Waals surface area contributed by atoms with Crippen LogP contribution >= 0.6 is 0 Å². The first-order valence-corrected chi connectivity index (χ1v) is 1.82. The van der Waals surface area contributed by atoms with Gasteiger partial charge < -0.3 is 5.73 Å².